The average molecular weight is 300 g/mol. The van der Waals surface area contributed by atoms with Crippen LogP contribution >= 0.6 is 15.9 Å². The number of ether oxygens (including phenoxy) is 2. The standard InChI is InChI=1S/C13H18BrNO2/c1-9(15)6-10-7-11(2-3-13(10)14)17-12-4-5-16-8-12/h2-3,7,9,12H,4-6,8,15H2,1H3. The molecule has 1 aromatic rings. The molecule has 3 nitrogen and oxygen atoms in total. The molecule has 4 heteroatoms. The van der Waals surface area contributed by atoms with E-state index in [4.69, 9.17) is 15.2 Å². The Morgan fingerprint density at radius 1 is 1.59 bits per heavy atom. The molecule has 0 aliphatic carbocycles. The molecule has 0 aromatic heterocycles. The van der Waals surface area contributed by atoms with Crippen LogP contribution in [0.15, 0.2) is 22.7 Å². The van der Waals surface area contributed by atoms with Crippen molar-refractivity contribution >= 4 is 15.9 Å². The van der Waals surface area contributed by atoms with Gasteiger partial charge in [-0.2, -0.15) is 0 Å². The van der Waals surface area contributed by atoms with Crippen LogP contribution < -0.4 is 10.5 Å². The molecule has 1 saturated heterocycles. The van der Waals surface area contributed by atoms with Gasteiger partial charge in [-0.25, -0.2) is 0 Å². The molecule has 0 radical (unpaired) electrons. The molecule has 2 atom stereocenters. The summed E-state index contributed by atoms with van der Waals surface area (Å²) in [7, 11) is 0. The first-order valence-corrected chi connectivity index (χ1v) is 6.73. The van der Waals surface area contributed by atoms with Crippen molar-refractivity contribution in [2.45, 2.75) is 31.9 Å². The highest BCUT2D eigenvalue weighted by molar-refractivity contribution is 9.10. The molecule has 94 valence electrons. The number of halogens is 1. The van der Waals surface area contributed by atoms with Crippen molar-refractivity contribution in [1.29, 1.82) is 0 Å². The van der Waals surface area contributed by atoms with Crippen molar-refractivity contribution in [1.82, 2.24) is 0 Å². The molecule has 0 amide bonds. The van der Waals surface area contributed by atoms with Gasteiger partial charge in [0.15, 0.2) is 0 Å². The predicted octanol–water partition coefficient (Wildman–Crippen LogP) is 2.51. The third-order valence-electron chi connectivity index (χ3n) is 2.75. The molecular weight excluding hydrogens is 282 g/mol. The van der Waals surface area contributed by atoms with Gasteiger partial charge >= 0.3 is 0 Å². The Kier molecular flexibility index (Phi) is 4.42. The van der Waals surface area contributed by atoms with Crippen LogP contribution in [0.25, 0.3) is 0 Å². The Balaban J connectivity index is 2.06. The topological polar surface area (TPSA) is 44.5 Å². The van der Waals surface area contributed by atoms with Crippen molar-refractivity contribution < 1.29 is 9.47 Å². The minimum Gasteiger partial charge on any atom is -0.488 e. The highest BCUT2D eigenvalue weighted by atomic mass is 79.9. The summed E-state index contributed by atoms with van der Waals surface area (Å²) in [6.45, 7) is 3.50. The van der Waals surface area contributed by atoms with Crippen LogP contribution in [0.3, 0.4) is 0 Å². The summed E-state index contributed by atoms with van der Waals surface area (Å²) >= 11 is 3.54. The zero-order chi connectivity index (χ0) is 12.3. The Morgan fingerprint density at radius 3 is 3.06 bits per heavy atom. The molecule has 1 fully saturated rings. The fraction of sp³-hybridized carbons (Fsp3) is 0.538. The minimum atomic E-state index is 0.149. The molecule has 0 bridgehead atoms. The number of nitrogens with two attached hydrogens (primary N) is 1. The van der Waals surface area contributed by atoms with E-state index >= 15 is 0 Å². The third kappa shape index (κ3) is 3.69. The van der Waals surface area contributed by atoms with Gasteiger partial charge in [0.25, 0.3) is 0 Å². The van der Waals surface area contributed by atoms with E-state index in [0.717, 1.165) is 29.7 Å². The molecule has 0 saturated carbocycles. The fourth-order valence-electron chi connectivity index (χ4n) is 1.93. The van der Waals surface area contributed by atoms with Gasteiger partial charge in [0.1, 0.15) is 11.9 Å². The van der Waals surface area contributed by atoms with Crippen LogP contribution in [0.5, 0.6) is 5.75 Å². The van der Waals surface area contributed by atoms with E-state index in [1.165, 1.54) is 5.56 Å². The monoisotopic (exact) mass is 299 g/mol. The van der Waals surface area contributed by atoms with Gasteiger partial charge < -0.3 is 15.2 Å². The molecule has 1 aliphatic heterocycles. The average Bonchev–Trinajstić information content (AvgIpc) is 2.75. The van der Waals surface area contributed by atoms with Gasteiger partial charge in [-0.15, -0.1) is 0 Å². The summed E-state index contributed by atoms with van der Waals surface area (Å²) in [5, 5.41) is 0. The summed E-state index contributed by atoms with van der Waals surface area (Å²) in [6.07, 6.45) is 2.01. The number of hydrogen-bond acceptors (Lipinski definition) is 3. The van der Waals surface area contributed by atoms with Gasteiger partial charge in [0.05, 0.1) is 13.2 Å². The lowest BCUT2D eigenvalue weighted by molar-refractivity contribution is 0.141. The van der Waals surface area contributed by atoms with Gasteiger partial charge in [-0.05, 0) is 37.1 Å². The van der Waals surface area contributed by atoms with Gasteiger partial charge in [-0.1, -0.05) is 15.9 Å². The molecule has 0 spiro atoms. The maximum atomic E-state index is 5.87. The van der Waals surface area contributed by atoms with Crippen molar-refractivity contribution in [3.8, 4) is 5.75 Å². The number of hydrogen-bond donors (Lipinski definition) is 1. The number of rotatable bonds is 4. The van der Waals surface area contributed by atoms with E-state index in [0.29, 0.717) is 6.61 Å². The highest BCUT2D eigenvalue weighted by Gasteiger charge is 2.17. The predicted molar refractivity (Wildman–Crippen MR) is 71.3 cm³/mol. The molecular formula is C13H18BrNO2. The first-order chi connectivity index (χ1) is 8.15. The zero-order valence-corrected chi connectivity index (χ0v) is 11.6. The SMILES string of the molecule is CC(N)Cc1cc(OC2CCOC2)ccc1Br. The van der Waals surface area contributed by atoms with Crippen LogP contribution in [-0.4, -0.2) is 25.4 Å². The molecule has 1 aromatic carbocycles. The summed E-state index contributed by atoms with van der Waals surface area (Å²) in [4.78, 5) is 0. The quantitative estimate of drug-likeness (QED) is 0.929. The zero-order valence-electron chi connectivity index (χ0n) is 9.99. The second-order valence-electron chi connectivity index (χ2n) is 4.54. The smallest absolute Gasteiger partial charge is 0.124 e. The summed E-state index contributed by atoms with van der Waals surface area (Å²) in [5.41, 5.74) is 7.02. The summed E-state index contributed by atoms with van der Waals surface area (Å²) in [6, 6.07) is 6.21. The van der Waals surface area contributed by atoms with Crippen molar-refractivity contribution in [2.75, 3.05) is 13.2 Å². The van der Waals surface area contributed by atoms with Gasteiger partial charge in [0.2, 0.25) is 0 Å². The third-order valence-corrected chi connectivity index (χ3v) is 3.52. The van der Waals surface area contributed by atoms with Crippen LogP contribution in [-0.2, 0) is 11.2 Å². The Bertz CT molecular complexity index is 376. The Morgan fingerprint density at radius 2 is 2.41 bits per heavy atom. The van der Waals surface area contributed by atoms with E-state index in [2.05, 4.69) is 22.0 Å². The van der Waals surface area contributed by atoms with Crippen LogP contribution in [0.4, 0.5) is 0 Å². The normalized spacial score (nSPS) is 21.5. The van der Waals surface area contributed by atoms with E-state index in [1.54, 1.807) is 0 Å². The molecule has 2 N–H and O–H groups in total. The van der Waals surface area contributed by atoms with Crippen molar-refractivity contribution in [3.05, 3.63) is 28.2 Å². The van der Waals surface area contributed by atoms with E-state index in [1.807, 2.05) is 19.1 Å². The molecule has 17 heavy (non-hydrogen) atoms. The molecule has 1 aliphatic rings. The molecule has 1 heterocycles. The molecule has 2 unspecified atom stereocenters. The first-order valence-electron chi connectivity index (χ1n) is 5.93. The Labute approximate surface area is 110 Å². The van der Waals surface area contributed by atoms with Crippen molar-refractivity contribution in [2.24, 2.45) is 5.73 Å². The molecule has 2 rings (SSSR count). The van der Waals surface area contributed by atoms with Gasteiger partial charge in [0, 0.05) is 16.9 Å². The fourth-order valence-corrected chi connectivity index (χ4v) is 2.33. The van der Waals surface area contributed by atoms with Crippen LogP contribution in [0, 0.1) is 0 Å². The van der Waals surface area contributed by atoms with E-state index < -0.39 is 0 Å². The van der Waals surface area contributed by atoms with Crippen LogP contribution in [0.2, 0.25) is 0 Å². The summed E-state index contributed by atoms with van der Waals surface area (Å²) < 4.78 is 12.2. The van der Waals surface area contributed by atoms with Gasteiger partial charge in [-0.3, -0.25) is 0 Å². The Hall–Kier alpha value is -0.580. The largest absolute Gasteiger partial charge is 0.488 e. The second-order valence-corrected chi connectivity index (χ2v) is 5.39. The maximum Gasteiger partial charge on any atom is 0.124 e. The maximum absolute atomic E-state index is 5.87. The summed E-state index contributed by atoms with van der Waals surface area (Å²) in [5.74, 6) is 0.902. The van der Waals surface area contributed by atoms with E-state index in [-0.39, 0.29) is 12.1 Å². The highest BCUT2D eigenvalue weighted by Crippen LogP contribution is 2.25. The first kappa shape index (κ1) is 12.9. The lowest BCUT2D eigenvalue weighted by Gasteiger charge is -2.14. The van der Waals surface area contributed by atoms with Crippen molar-refractivity contribution in [3.63, 3.8) is 0 Å². The lowest BCUT2D eigenvalue weighted by Crippen LogP contribution is -2.19. The second kappa shape index (κ2) is 5.85. The minimum absolute atomic E-state index is 0.149. The number of benzene rings is 1. The lowest BCUT2D eigenvalue weighted by atomic mass is 10.1. The van der Waals surface area contributed by atoms with E-state index in [9.17, 15) is 0 Å². The van der Waals surface area contributed by atoms with Crippen LogP contribution in [0.1, 0.15) is 18.9 Å².